The molecule has 1 aliphatic rings. The maximum Gasteiger partial charge on any atom is 0.299 e. The molecular weight excluding hydrogens is 492 g/mol. The molecule has 0 bridgehead atoms. The molecule has 6 aromatic carbocycles. The molecule has 0 aliphatic carbocycles. The fourth-order valence-corrected chi connectivity index (χ4v) is 6.52. The van der Waals surface area contributed by atoms with Crippen LogP contribution in [0.3, 0.4) is 0 Å². The molecule has 9 rings (SSSR count). The van der Waals surface area contributed by atoms with E-state index in [1.54, 1.807) is 0 Å². The van der Waals surface area contributed by atoms with E-state index in [0.29, 0.717) is 5.89 Å². The molecule has 0 amide bonds. The largest absolute Gasteiger partial charge is 0.436 e. The predicted molar refractivity (Wildman–Crippen MR) is 160 cm³/mol. The lowest BCUT2D eigenvalue weighted by Crippen LogP contribution is -2.36. The lowest BCUT2D eigenvalue weighted by Gasteiger charge is -2.16. The topological polar surface area (TPSA) is 39.1 Å². The number of hydrogen-bond acceptors (Lipinski definition) is 3. The summed E-state index contributed by atoms with van der Waals surface area (Å²) in [6.45, 7) is 2.10. The van der Waals surface area contributed by atoms with Crippen LogP contribution < -0.4 is 9.30 Å². The van der Waals surface area contributed by atoms with Crippen molar-refractivity contribution >= 4 is 54.3 Å². The molecule has 40 heavy (non-hydrogen) atoms. The minimum atomic E-state index is -0.0548. The standard InChI is InChI=1S/C36H23N2O2/c1-21-38-19-7-9-22-15-16-29(35(39-21)34(22)38)33-24-10-3-2-8-23(24)20-30-25-11-6-12-28(26(25)17-18-27(30)33)36-37-31-13-4-5-14-32(31)40-36/h2-21H,1H3/q+1. The van der Waals surface area contributed by atoms with Gasteiger partial charge in [-0.15, -0.1) is 0 Å². The van der Waals surface area contributed by atoms with Crippen molar-refractivity contribution in [3.63, 3.8) is 0 Å². The Hall–Kier alpha value is -5.22. The zero-order chi connectivity index (χ0) is 26.4. The van der Waals surface area contributed by atoms with Gasteiger partial charge >= 0.3 is 0 Å². The SMILES string of the molecule is CC1Oc2c(-c3c4ccccc4cc4c3ccc3c(-c5nc6ccccc6o5)cccc34)ccc3ccc[n+]1c23. The van der Waals surface area contributed by atoms with Gasteiger partial charge in [-0.05, 0) is 74.8 Å². The van der Waals surface area contributed by atoms with Gasteiger partial charge in [0.2, 0.25) is 11.6 Å². The Morgan fingerprint density at radius 2 is 1.48 bits per heavy atom. The first kappa shape index (κ1) is 21.7. The van der Waals surface area contributed by atoms with Gasteiger partial charge in [-0.1, -0.05) is 60.7 Å². The van der Waals surface area contributed by atoms with E-state index in [1.807, 2.05) is 24.3 Å². The summed E-state index contributed by atoms with van der Waals surface area (Å²) in [5, 5.41) is 8.28. The summed E-state index contributed by atoms with van der Waals surface area (Å²) in [5.41, 5.74) is 6.12. The second kappa shape index (κ2) is 7.90. The maximum atomic E-state index is 6.54. The van der Waals surface area contributed by atoms with E-state index in [0.717, 1.165) is 38.9 Å². The number of ether oxygens (including phenoxy) is 1. The molecule has 8 aromatic rings. The number of pyridine rings is 1. The molecule has 3 heterocycles. The lowest BCUT2D eigenvalue weighted by molar-refractivity contribution is -0.715. The minimum absolute atomic E-state index is 0.0548. The van der Waals surface area contributed by atoms with Crippen molar-refractivity contribution in [1.29, 1.82) is 0 Å². The Bertz CT molecular complexity index is 2300. The first-order valence-corrected chi connectivity index (χ1v) is 13.6. The molecule has 0 saturated carbocycles. The highest BCUT2D eigenvalue weighted by atomic mass is 16.5. The van der Waals surface area contributed by atoms with Gasteiger partial charge in [0, 0.05) is 29.7 Å². The second-order valence-corrected chi connectivity index (χ2v) is 10.5. The summed E-state index contributed by atoms with van der Waals surface area (Å²) in [4.78, 5) is 4.81. The van der Waals surface area contributed by atoms with Crippen molar-refractivity contribution in [1.82, 2.24) is 4.98 Å². The fourth-order valence-electron chi connectivity index (χ4n) is 6.52. The van der Waals surface area contributed by atoms with E-state index >= 15 is 0 Å². The third-order valence-corrected chi connectivity index (χ3v) is 8.32. The van der Waals surface area contributed by atoms with Crippen LogP contribution in [0.1, 0.15) is 13.2 Å². The molecule has 0 saturated heterocycles. The quantitative estimate of drug-likeness (QED) is 0.131. The molecule has 0 spiro atoms. The van der Waals surface area contributed by atoms with Gasteiger partial charge in [-0.25, -0.2) is 4.98 Å². The van der Waals surface area contributed by atoms with E-state index in [1.165, 1.54) is 37.9 Å². The van der Waals surface area contributed by atoms with Crippen molar-refractivity contribution in [3.05, 3.63) is 115 Å². The Morgan fingerprint density at radius 1 is 0.650 bits per heavy atom. The van der Waals surface area contributed by atoms with Gasteiger partial charge in [-0.3, -0.25) is 0 Å². The van der Waals surface area contributed by atoms with Gasteiger partial charge < -0.3 is 9.15 Å². The normalized spacial score (nSPS) is 14.6. The highest BCUT2D eigenvalue weighted by Gasteiger charge is 2.33. The number of rotatable bonds is 2. The predicted octanol–water partition coefficient (Wildman–Crippen LogP) is 8.97. The van der Waals surface area contributed by atoms with Crippen LogP contribution >= 0.6 is 0 Å². The molecule has 0 radical (unpaired) electrons. The lowest BCUT2D eigenvalue weighted by atomic mass is 9.88. The van der Waals surface area contributed by atoms with E-state index in [-0.39, 0.29) is 6.23 Å². The molecule has 2 aromatic heterocycles. The first-order valence-electron chi connectivity index (χ1n) is 13.6. The smallest absolute Gasteiger partial charge is 0.299 e. The molecule has 4 heteroatoms. The van der Waals surface area contributed by atoms with Crippen molar-refractivity contribution in [2.45, 2.75) is 13.2 Å². The van der Waals surface area contributed by atoms with E-state index < -0.39 is 0 Å². The molecule has 1 atom stereocenters. The van der Waals surface area contributed by atoms with Crippen molar-refractivity contribution < 1.29 is 13.7 Å². The average Bonchev–Trinajstić information content (AvgIpc) is 3.58. The third-order valence-electron chi connectivity index (χ3n) is 8.32. The molecular formula is C36H23N2O2+. The van der Waals surface area contributed by atoms with Crippen LogP contribution in [-0.2, 0) is 0 Å². The number of oxazole rings is 1. The highest BCUT2D eigenvalue weighted by molar-refractivity contribution is 6.22. The molecule has 1 aliphatic heterocycles. The number of fused-ring (bicyclic) bond motifs is 5. The van der Waals surface area contributed by atoms with Crippen LogP contribution in [0.15, 0.2) is 120 Å². The minimum Gasteiger partial charge on any atom is -0.436 e. The van der Waals surface area contributed by atoms with E-state index in [4.69, 9.17) is 14.1 Å². The number of nitrogens with zero attached hydrogens (tertiary/aromatic N) is 2. The zero-order valence-electron chi connectivity index (χ0n) is 21.8. The van der Waals surface area contributed by atoms with Crippen LogP contribution in [0, 0.1) is 0 Å². The van der Waals surface area contributed by atoms with Crippen LogP contribution in [0.25, 0.3) is 76.9 Å². The van der Waals surface area contributed by atoms with Crippen LogP contribution in [0.2, 0.25) is 0 Å². The molecule has 0 N–H and O–H groups in total. The van der Waals surface area contributed by atoms with Gasteiger partial charge in [0.05, 0.1) is 5.39 Å². The van der Waals surface area contributed by atoms with Gasteiger partial charge in [0.25, 0.3) is 11.7 Å². The Morgan fingerprint density at radius 3 is 2.42 bits per heavy atom. The molecule has 4 nitrogen and oxygen atoms in total. The summed E-state index contributed by atoms with van der Waals surface area (Å²) in [7, 11) is 0. The van der Waals surface area contributed by atoms with Crippen LogP contribution in [-0.4, -0.2) is 4.98 Å². The summed E-state index contributed by atoms with van der Waals surface area (Å²) in [6.07, 6.45) is 2.05. The summed E-state index contributed by atoms with van der Waals surface area (Å²) >= 11 is 0. The van der Waals surface area contributed by atoms with E-state index in [2.05, 4.69) is 103 Å². The first-order chi connectivity index (χ1) is 19.7. The van der Waals surface area contributed by atoms with Gasteiger partial charge in [-0.2, -0.15) is 4.57 Å². The Kier molecular flexibility index (Phi) is 4.28. The third kappa shape index (κ3) is 2.90. The van der Waals surface area contributed by atoms with E-state index in [9.17, 15) is 0 Å². The maximum absolute atomic E-state index is 6.54. The number of hydrogen-bond donors (Lipinski definition) is 0. The van der Waals surface area contributed by atoms with Crippen LogP contribution in [0.4, 0.5) is 0 Å². The Labute approximate surface area is 229 Å². The number of benzene rings is 6. The summed E-state index contributed by atoms with van der Waals surface area (Å²) < 4.78 is 15.0. The molecule has 0 fully saturated rings. The van der Waals surface area contributed by atoms with Crippen LogP contribution in [0.5, 0.6) is 5.75 Å². The van der Waals surface area contributed by atoms with Gasteiger partial charge in [0.1, 0.15) is 5.52 Å². The number of aromatic nitrogens is 2. The average molecular weight is 516 g/mol. The second-order valence-electron chi connectivity index (χ2n) is 10.5. The highest BCUT2D eigenvalue weighted by Crippen LogP contribution is 2.47. The fraction of sp³-hybridized carbons (Fsp3) is 0.0556. The zero-order valence-corrected chi connectivity index (χ0v) is 21.8. The molecule has 1 unspecified atom stereocenters. The summed E-state index contributed by atoms with van der Waals surface area (Å²) in [6, 6.07) is 38.4. The van der Waals surface area contributed by atoms with Crippen molar-refractivity contribution in [2.24, 2.45) is 0 Å². The van der Waals surface area contributed by atoms with Crippen molar-refractivity contribution in [2.75, 3.05) is 0 Å². The monoisotopic (exact) mass is 515 g/mol. The van der Waals surface area contributed by atoms with Gasteiger partial charge in [0.15, 0.2) is 11.8 Å². The Balaban J connectivity index is 1.38. The number of para-hydroxylation sites is 2. The van der Waals surface area contributed by atoms with Crippen molar-refractivity contribution in [3.8, 4) is 28.3 Å². The summed E-state index contributed by atoms with van der Waals surface area (Å²) in [5.74, 6) is 1.59. The molecule has 188 valence electrons.